The SMILES string of the molecule is C=C/C(=C/C=NC)C(=C)N=CC. The van der Waals surface area contributed by atoms with Gasteiger partial charge < -0.3 is 0 Å². The minimum Gasteiger partial charge on any atom is -0.296 e. The first kappa shape index (κ1) is 10.6. The molecule has 0 aromatic rings. The highest BCUT2D eigenvalue weighted by atomic mass is 14.7. The van der Waals surface area contributed by atoms with E-state index in [9.17, 15) is 0 Å². The Bertz CT molecular complexity index is 245. The predicted molar refractivity (Wildman–Crippen MR) is 56.0 cm³/mol. The van der Waals surface area contributed by atoms with E-state index in [0.717, 1.165) is 5.57 Å². The molecule has 2 heteroatoms. The van der Waals surface area contributed by atoms with Gasteiger partial charge in [-0.1, -0.05) is 19.2 Å². The van der Waals surface area contributed by atoms with Gasteiger partial charge in [0.05, 0.1) is 5.70 Å². The van der Waals surface area contributed by atoms with E-state index in [-0.39, 0.29) is 0 Å². The van der Waals surface area contributed by atoms with Gasteiger partial charge in [0.1, 0.15) is 0 Å². The van der Waals surface area contributed by atoms with Crippen LogP contribution in [-0.4, -0.2) is 19.5 Å². The molecule has 0 unspecified atom stereocenters. The molecule has 0 aliphatic rings. The van der Waals surface area contributed by atoms with Crippen LogP contribution in [0.2, 0.25) is 0 Å². The molecule has 0 heterocycles. The summed E-state index contributed by atoms with van der Waals surface area (Å²) in [7, 11) is 1.71. The Morgan fingerprint density at radius 3 is 2.50 bits per heavy atom. The van der Waals surface area contributed by atoms with Crippen LogP contribution >= 0.6 is 0 Å². The predicted octanol–water partition coefficient (Wildman–Crippen LogP) is 2.40. The maximum Gasteiger partial charge on any atom is 0.0626 e. The van der Waals surface area contributed by atoms with Crippen LogP contribution in [0.1, 0.15) is 6.92 Å². The van der Waals surface area contributed by atoms with E-state index in [1.54, 1.807) is 25.6 Å². The second-order valence-electron chi connectivity index (χ2n) is 2.07. The first-order valence-electron chi connectivity index (χ1n) is 3.69. The lowest BCUT2D eigenvalue weighted by Gasteiger charge is -1.97. The van der Waals surface area contributed by atoms with Crippen molar-refractivity contribution in [2.75, 3.05) is 7.05 Å². The Morgan fingerprint density at radius 2 is 2.08 bits per heavy atom. The van der Waals surface area contributed by atoms with Gasteiger partial charge in [0.15, 0.2) is 0 Å². The molecule has 0 aromatic heterocycles. The number of aliphatic imine (C=N–C) groups is 2. The summed E-state index contributed by atoms with van der Waals surface area (Å²) in [6.07, 6.45) is 6.91. The lowest BCUT2D eigenvalue weighted by molar-refractivity contribution is 1.37. The molecule has 0 atom stereocenters. The van der Waals surface area contributed by atoms with E-state index in [0.29, 0.717) is 5.70 Å². The summed E-state index contributed by atoms with van der Waals surface area (Å²) in [5, 5.41) is 0. The zero-order valence-electron chi connectivity index (χ0n) is 7.62. The molecule has 0 rings (SSSR count). The third-order valence-corrected chi connectivity index (χ3v) is 1.24. The van der Waals surface area contributed by atoms with E-state index in [4.69, 9.17) is 0 Å². The van der Waals surface area contributed by atoms with Gasteiger partial charge in [-0.25, -0.2) is 0 Å². The van der Waals surface area contributed by atoms with Gasteiger partial charge in [0, 0.05) is 25.0 Å². The van der Waals surface area contributed by atoms with E-state index in [2.05, 4.69) is 23.1 Å². The van der Waals surface area contributed by atoms with Gasteiger partial charge in [0.2, 0.25) is 0 Å². The fraction of sp³-hybridized carbons (Fsp3) is 0.200. The van der Waals surface area contributed by atoms with Gasteiger partial charge in [-0.3, -0.25) is 9.98 Å². The summed E-state index contributed by atoms with van der Waals surface area (Å²) in [6, 6.07) is 0. The molecule has 0 radical (unpaired) electrons. The van der Waals surface area contributed by atoms with Crippen molar-refractivity contribution < 1.29 is 0 Å². The molecule has 0 amide bonds. The topological polar surface area (TPSA) is 24.7 Å². The molecule has 0 saturated carbocycles. The number of allylic oxidation sites excluding steroid dienone is 2. The average Bonchev–Trinajstić information content (AvgIpc) is 2.06. The smallest absolute Gasteiger partial charge is 0.0626 e. The summed E-state index contributed by atoms with van der Waals surface area (Å²) in [5.41, 5.74) is 1.59. The summed E-state index contributed by atoms with van der Waals surface area (Å²) < 4.78 is 0. The maximum atomic E-state index is 4.03. The Morgan fingerprint density at radius 1 is 1.42 bits per heavy atom. The molecule has 64 valence electrons. The molecule has 0 aliphatic heterocycles. The molecule has 0 fully saturated rings. The van der Waals surface area contributed by atoms with Crippen molar-refractivity contribution in [2.45, 2.75) is 6.92 Å². The second-order valence-corrected chi connectivity index (χ2v) is 2.07. The second kappa shape index (κ2) is 6.28. The highest BCUT2D eigenvalue weighted by Crippen LogP contribution is 2.08. The van der Waals surface area contributed by atoms with Crippen molar-refractivity contribution in [3.8, 4) is 0 Å². The highest BCUT2D eigenvalue weighted by Gasteiger charge is 1.92. The monoisotopic (exact) mass is 162 g/mol. The van der Waals surface area contributed by atoms with E-state index in [1.807, 2.05) is 13.0 Å². The Kier molecular flexibility index (Phi) is 5.53. The van der Waals surface area contributed by atoms with Crippen LogP contribution in [0.25, 0.3) is 0 Å². The van der Waals surface area contributed by atoms with E-state index < -0.39 is 0 Å². The molecule has 0 aliphatic carbocycles. The minimum absolute atomic E-state index is 0.701. The number of hydrogen-bond acceptors (Lipinski definition) is 2. The maximum absolute atomic E-state index is 4.03. The normalized spacial score (nSPS) is 12.7. The third kappa shape index (κ3) is 3.66. The van der Waals surface area contributed by atoms with Crippen LogP contribution in [0.4, 0.5) is 0 Å². The molecule has 2 nitrogen and oxygen atoms in total. The molecule has 0 spiro atoms. The van der Waals surface area contributed by atoms with Crippen LogP contribution in [-0.2, 0) is 0 Å². The van der Waals surface area contributed by atoms with Crippen LogP contribution < -0.4 is 0 Å². The minimum atomic E-state index is 0.701. The molecule has 12 heavy (non-hydrogen) atoms. The van der Waals surface area contributed by atoms with Gasteiger partial charge in [-0.2, -0.15) is 0 Å². The standard InChI is InChI=1S/C10H14N2/c1-5-10(7-8-11-4)9(3)12-6-2/h5-8H,1,3H2,2,4H3/b10-7-,11-8?,12-6?. The van der Waals surface area contributed by atoms with Crippen LogP contribution in [0, 0.1) is 0 Å². The molecule has 0 saturated heterocycles. The van der Waals surface area contributed by atoms with Crippen LogP contribution in [0.5, 0.6) is 0 Å². The number of hydrogen-bond donors (Lipinski definition) is 0. The molecule has 0 aromatic carbocycles. The van der Waals surface area contributed by atoms with Crippen molar-refractivity contribution in [1.29, 1.82) is 0 Å². The van der Waals surface area contributed by atoms with Gasteiger partial charge in [0.25, 0.3) is 0 Å². The lowest BCUT2D eigenvalue weighted by Crippen LogP contribution is -1.82. The average molecular weight is 162 g/mol. The summed E-state index contributed by atoms with van der Waals surface area (Å²) in [5.74, 6) is 0. The fourth-order valence-electron chi connectivity index (χ4n) is 0.667. The van der Waals surface area contributed by atoms with Gasteiger partial charge >= 0.3 is 0 Å². The van der Waals surface area contributed by atoms with Crippen molar-refractivity contribution in [1.82, 2.24) is 0 Å². The number of nitrogens with zero attached hydrogens (tertiary/aromatic N) is 2. The fourth-order valence-corrected chi connectivity index (χ4v) is 0.667. The Balaban J connectivity index is 4.55. The molecule has 0 N–H and O–H groups in total. The van der Waals surface area contributed by atoms with Crippen molar-refractivity contribution in [3.63, 3.8) is 0 Å². The largest absolute Gasteiger partial charge is 0.296 e. The van der Waals surface area contributed by atoms with E-state index in [1.165, 1.54) is 0 Å². The van der Waals surface area contributed by atoms with Gasteiger partial charge in [-0.15, -0.1) is 0 Å². The molecule has 0 bridgehead atoms. The summed E-state index contributed by atoms with van der Waals surface area (Å²) in [4.78, 5) is 7.85. The first-order chi connectivity index (χ1) is 5.76. The lowest BCUT2D eigenvalue weighted by atomic mass is 10.2. The number of rotatable bonds is 4. The summed E-state index contributed by atoms with van der Waals surface area (Å²) in [6.45, 7) is 9.27. The molecular weight excluding hydrogens is 148 g/mol. The Hall–Kier alpha value is -1.44. The highest BCUT2D eigenvalue weighted by molar-refractivity contribution is 5.75. The van der Waals surface area contributed by atoms with Crippen LogP contribution in [0.15, 0.2) is 46.6 Å². The van der Waals surface area contributed by atoms with Crippen molar-refractivity contribution in [3.05, 3.63) is 36.6 Å². The van der Waals surface area contributed by atoms with Crippen LogP contribution in [0.3, 0.4) is 0 Å². The van der Waals surface area contributed by atoms with Crippen molar-refractivity contribution >= 4 is 12.4 Å². The van der Waals surface area contributed by atoms with E-state index >= 15 is 0 Å². The zero-order chi connectivity index (χ0) is 9.40. The summed E-state index contributed by atoms with van der Waals surface area (Å²) >= 11 is 0. The van der Waals surface area contributed by atoms with Crippen molar-refractivity contribution in [2.24, 2.45) is 9.98 Å². The third-order valence-electron chi connectivity index (χ3n) is 1.24. The Labute approximate surface area is 73.7 Å². The zero-order valence-corrected chi connectivity index (χ0v) is 7.62. The quantitative estimate of drug-likeness (QED) is 0.448. The molecular formula is C10H14N2. The first-order valence-corrected chi connectivity index (χ1v) is 3.69. The van der Waals surface area contributed by atoms with Gasteiger partial charge in [-0.05, 0) is 13.0 Å².